The van der Waals surface area contributed by atoms with Crippen LogP contribution in [0.2, 0.25) is 0 Å². The summed E-state index contributed by atoms with van der Waals surface area (Å²) in [5, 5.41) is 0. The third kappa shape index (κ3) is 3.55. The summed E-state index contributed by atoms with van der Waals surface area (Å²) in [6.07, 6.45) is 1.87. The molecule has 3 nitrogen and oxygen atoms in total. The molecule has 25 heavy (non-hydrogen) atoms. The highest BCUT2D eigenvalue weighted by atomic mass is 16.5. The van der Waals surface area contributed by atoms with Crippen LogP contribution in [-0.4, -0.2) is 19.6 Å². The van der Waals surface area contributed by atoms with Gasteiger partial charge in [0, 0.05) is 13.5 Å². The molecule has 0 N–H and O–H groups in total. The molecule has 2 aromatic carbocycles. The largest absolute Gasteiger partial charge is 0.495 e. The van der Waals surface area contributed by atoms with Gasteiger partial charge in [-0.3, -0.25) is 4.79 Å². The number of anilines is 1. The third-order valence-electron chi connectivity index (χ3n) is 5.15. The average molecular weight is 337 g/mol. The van der Waals surface area contributed by atoms with E-state index >= 15 is 0 Å². The maximum atomic E-state index is 12.2. The number of fused-ring (bicyclic) bond motifs is 1. The molecule has 132 valence electrons. The van der Waals surface area contributed by atoms with Crippen LogP contribution in [0, 0.1) is 5.92 Å². The molecule has 0 saturated carbocycles. The zero-order valence-corrected chi connectivity index (χ0v) is 15.6. The normalized spacial score (nSPS) is 16.7. The zero-order chi connectivity index (χ0) is 18.0. The molecule has 0 aliphatic carbocycles. The van der Waals surface area contributed by atoms with E-state index < -0.39 is 0 Å². The smallest absolute Gasteiger partial charge is 0.223 e. The number of methoxy groups -OCH3 is 1. The van der Waals surface area contributed by atoms with E-state index in [0.29, 0.717) is 11.8 Å². The van der Waals surface area contributed by atoms with E-state index in [9.17, 15) is 4.79 Å². The van der Waals surface area contributed by atoms with Crippen molar-refractivity contribution in [3.63, 3.8) is 0 Å². The molecule has 2 aromatic rings. The van der Waals surface area contributed by atoms with Gasteiger partial charge in [0.15, 0.2) is 0 Å². The van der Waals surface area contributed by atoms with E-state index in [4.69, 9.17) is 4.74 Å². The maximum absolute atomic E-state index is 12.2. The van der Waals surface area contributed by atoms with Gasteiger partial charge < -0.3 is 9.64 Å². The molecule has 0 bridgehead atoms. The van der Waals surface area contributed by atoms with Gasteiger partial charge in [-0.2, -0.15) is 0 Å². The Hall–Kier alpha value is -2.29. The lowest BCUT2D eigenvalue weighted by molar-refractivity contribution is -0.116. The van der Waals surface area contributed by atoms with Gasteiger partial charge in [-0.05, 0) is 47.4 Å². The Morgan fingerprint density at radius 2 is 1.92 bits per heavy atom. The molecule has 3 heteroatoms. The summed E-state index contributed by atoms with van der Waals surface area (Å²) in [7, 11) is 1.69. The van der Waals surface area contributed by atoms with Crippen LogP contribution in [0.1, 0.15) is 49.8 Å². The number of carbonyl (C=O) groups is 1. The van der Waals surface area contributed by atoms with Gasteiger partial charge in [0.05, 0.1) is 12.8 Å². The number of amides is 1. The second kappa shape index (κ2) is 7.30. The van der Waals surface area contributed by atoms with Gasteiger partial charge in [-0.15, -0.1) is 0 Å². The molecule has 1 atom stereocenters. The van der Waals surface area contributed by atoms with Crippen LogP contribution in [0.5, 0.6) is 5.75 Å². The van der Waals surface area contributed by atoms with E-state index in [-0.39, 0.29) is 5.91 Å². The van der Waals surface area contributed by atoms with Crippen molar-refractivity contribution in [2.24, 2.45) is 5.92 Å². The number of benzene rings is 2. The number of nitrogens with zero attached hydrogens (tertiary/aromatic N) is 1. The van der Waals surface area contributed by atoms with E-state index in [2.05, 4.69) is 50.2 Å². The topological polar surface area (TPSA) is 29.5 Å². The number of rotatable bonds is 4. The Labute approximate surface area is 150 Å². The average Bonchev–Trinajstić information content (AvgIpc) is 2.60. The fraction of sp³-hybridized carbons (Fsp3) is 0.409. The number of hydrogen-bond acceptors (Lipinski definition) is 2. The first kappa shape index (κ1) is 17.5. The summed E-state index contributed by atoms with van der Waals surface area (Å²) < 4.78 is 5.71. The van der Waals surface area contributed by atoms with Crippen molar-refractivity contribution in [2.75, 3.05) is 18.6 Å². The number of hydrogen-bond donors (Lipinski definition) is 0. The Kier molecular flexibility index (Phi) is 5.12. The van der Waals surface area contributed by atoms with Crippen molar-refractivity contribution in [1.29, 1.82) is 0 Å². The molecule has 1 heterocycles. The van der Waals surface area contributed by atoms with Crippen molar-refractivity contribution < 1.29 is 9.53 Å². The Morgan fingerprint density at radius 1 is 1.20 bits per heavy atom. The van der Waals surface area contributed by atoms with Crippen LogP contribution >= 0.6 is 0 Å². The van der Waals surface area contributed by atoms with Gasteiger partial charge in [-0.1, -0.05) is 50.2 Å². The quantitative estimate of drug-likeness (QED) is 0.803. The van der Waals surface area contributed by atoms with Crippen molar-refractivity contribution in [1.82, 2.24) is 0 Å². The fourth-order valence-corrected chi connectivity index (χ4v) is 3.89. The summed E-state index contributed by atoms with van der Waals surface area (Å²) in [6.45, 7) is 6.92. The van der Waals surface area contributed by atoms with Crippen LogP contribution in [0.15, 0.2) is 42.5 Å². The molecule has 1 aliphatic rings. The summed E-state index contributed by atoms with van der Waals surface area (Å²) in [5.41, 5.74) is 4.74. The Bertz CT molecular complexity index is 752. The Balaban J connectivity index is 2.09. The molecule has 3 rings (SSSR count). The molecular formula is C22H27NO2. The highest BCUT2D eigenvalue weighted by Gasteiger charge is 2.32. The second-order valence-electron chi connectivity index (χ2n) is 7.21. The fourth-order valence-electron chi connectivity index (χ4n) is 3.89. The monoisotopic (exact) mass is 337 g/mol. The summed E-state index contributed by atoms with van der Waals surface area (Å²) in [4.78, 5) is 14.0. The maximum Gasteiger partial charge on any atom is 0.223 e. The second-order valence-corrected chi connectivity index (χ2v) is 7.21. The molecule has 0 saturated heterocycles. The van der Waals surface area contributed by atoms with E-state index in [0.717, 1.165) is 30.8 Å². The lowest BCUT2D eigenvalue weighted by Crippen LogP contribution is -2.36. The van der Waals surface area contributed by atoms with E-state index in [1.54, 1.807) is 14.0 Å². The van der Waals surface area contributed by atoms with Crippen LogP contribution in [0.4, 0.5) is 5.69 Å². The van der Waals surface area contributed by atoms with Gasteiger partial charge in [0.25, 0.3) is 0 Å². The zero-order valence-electron chi connectivity index (χ0n) is 15.6. The lowest BCUT2D eigenvalue weighted by atomic mass is 9.80. The van der Waals surface area contributed by atoms with Crippen molar-refractivity contribution in [3.8, 4) is 5.75 Å². The van der Waals surface area contributed by atoms with Crippen molar-refractivity contribution >= 4 is 11.6 Å². The number of carbonyl (C=O) groups excluding carboxylic acids is 1. The van der Waals surface area contributed by atoms with Gasteiger partial charge in [-0.25, -0.2) is 0 Å². The van der Waals surface area contributed by atoms with E-state index in [1.807, 2.05) is 11.0 Å². The lowest BCUT2D eigenvalue weighted by Gasteiger charge is -2.37. The molecule has 0 aromatic heterocycles. The SMILES string of the molecule is COc1cc(Cc2ccccc2)cc2c1N(C(C)=O)CCC2C(C)C. The van der Waals surface area contributed by atoms with Gasteiger partial charge >= 0.3 is 0 Å². The highest BCUT2D eigenvalue weighted by molar-refractivity contribution is 5.95. The minimum Gasteiger partial charge on any atom is -0.495 e. The molecule has 1 unspecified atom stereocenters. The summed E-state index contributed by atoms with van der Waals surface area (Å²) in [6, 6.07) is 14.8. The molecular weight excluding hydrogens is 310 g/mol. The van der Waals surface area contributed by atoms with Crippen molar-refractivity contribution in [3.05, 3.63) is 59.2 Å². The van der Waals surface area contributed by atoms with E-state index in [1.165, 1.54) is 16.7 Å². The standard InChI is InChI=1S/C22H27NO2/c1-15(2)19-10-11-23(16(3)24)22-20(19)13-18(14-21(22)25-4)12-17-8-6-5-7-9-17/h5-9,13-15,19H,10-12H2,1-4H3. The van der Waals surface area contributed by atoms with Crippen LogP contribution in [0.3, 0.4) is 0 Å². The minimum absolute atomic E-state index is 0.0811. The molecule has 0 fully saturated rings. The van der Waals surface area contributed by atoms with Gasteiger partial charge in [0.2, 0.25) is 5.91 Å². The first-order chi connectivity index (χ1) is 12.0. The molecule has 0 spiro atoms. The number of ether oxygens (including phenoxy) is 1. The highest BCUT2D eigenvalue weighted by Crippen LogP contribution is 2.45. The van der Waals surface area contributed by atoms with Crippen LogP contribution in [0.25, 0.3) is 0 Å². The predicted molar refractivity (Wildman–Crippen MR) is 102 cm³/mol. The Morgan fingerprint density at radius 3 is 2.52 bits per heavy atom. The predicted octanol–water partition coefficient (Wildman–Crippen LogP) is 4.78. The van der Waals surface area contributed by atoms with Gasteiger partial charge in [0.1, 0.15) is 5.75 Å². The summed E-state index contributed by atoms with van der Waals surface area (Å²) >= 11 is 0. The molecule has 0 radical (unpaired) electrons. The minimum atomic E-state index is 0.0811. The van der Waals surface area contributed by atoms with Crippen LogP contribution < -0.4 is 9.64 Å². The third-order valence-corrected chi connectivity index (χ3v) is 5.15. The van der Waals surface area contributed by atoms with Crippen molar-refractivity contribution in [2.45, 2.75) is 39.5 Å². The summed E-state index contributed by atoms with van der Waals surface area (Å²) in [5.74, 6) is 1.88. The first-order valence-electron chi connectivity index (χ1n) is 9.04. The van der Waals surface area contributed by atoms with Crippen LogP contribution in [-0.2, 0) is 11.2 Å². The first-order valence-corrected chi connectivity index (χ1v) is 9.04. The molecule has 1 aliphatic heterocycles. The molecule has 1 amide bonds.